The largest absolute Gasteiger partial charge is 0.369 e. The first-order valence-electron chi connectivity index (χ1n) is 7.36. The van der Waals surface area contributed by atoms with Crippen molar-refractivity contribution in [1.29, 1.82) is 0 Å². The lowest BCUT2D eigenvalue weighted by molar-refractivity contribution is -0.129. The van der Waals surface area contributed by atoms with Gasteiger partial charge in [0.1, 0.15) is 0 Å². The predicted molar refractivity (Wildman–Crippen MR) is 80.6 cm³/mol. The maximum atomic E-state index is 12.3. The van der Waals surface area contributed by atoms with Crippen LogP contribution in [0.15, 0.2) is 0 Å². The average Bonchev–Trinajstić information content (AvgIpc) is 2.40. The van der Waals surface area contributed by atoms with Crippen molar-refractivity contribution in [2.24, 2.45) is 11.7 Å². The molecule has 0 radical (unpaired) electrons. The van der Waals surface area contributed by atoms with Gasteiger partial charge in [0, 0.05) is 12.0 Å². The maximum Gasteiger partial charge on any atom is 0.240 e. The summed E-state index contributed by atoms with van der Waals surface area (Å²) in [5.74, 6) is -0.100. The van der Waals surface area contributed by atoms with Crippen LogP contribution < -0.4 is 16.4 Å². The lowest BCUT2D eigenvalue weighted by Crippen LogP contribution is -2.59. The second-order valence-corrected chi connectivity index (χ2v) is 6.14. The zero-order chi connectivity index (χ0) is 13.9. The summed E-state index contributed by atoms with van der Waals surface area (Å²) in [5, 5.41) is 6.46. The van der Waals surface area contributed by atoms with Gasteiger partial charge in [-0.25, -0.2) is 0 Å². The molecule has 116 valence electrons. The summed E-state index contributed by atoms with van der Waals surface area (Å²) < 4.78 is 0. The first kappa shape index (κ1) is 17.2. The molecule has 20 heavy (non-hydrogen) atoms. The normalized spacial score (nSPS) is 33.9. The molecule has 2 fully saturated rings. The summed E-state index contributed by atoms with van der Waals surface area (Å²) >= 11 is 0. The molecule has 0 aromatic heterocycles. The van der Waals surface area contributed by atoms with Gasteiger partial charge in [-0.05, 0) is 58.4 Å². The fraction of sp³-hybridized carbons (Fsp3) is 0.857. The Bertz CT molecular complexity index is 348. The van der Waals surface area contributed by atoms with Gasteiger partial charge in [0.15, 0.2) is 0 Å². The molecule has 6 heteroatoms. The smallest absolute Gasteiger partial charge is 0.240 e. The molecule has 0 aromatic carbocycles. The van der Waals surface area contributed by atoms with Crippen molar-refractivity contribution in [2.45, 2.75) is 63.5 Å². The fourth-order valence-electron chi connectivity index (χ4n) is 3.12. The molecule has 1 unspecified atom stereocenters. The highest BCUT2D eigenvalue weighted by molar-refractivity contribution is 5.86. The maximum absolute atomic E-state index is 12.3. The van der Waals surface area contributed by atoms with Gasteiger partial charge in [-0.15, -0.1) is 12.4 Å². The Morgan fingerprint density at radius 1 is 1.20 bits per heavy atom. The highest BCUT2D eigenvalue weighted by Crippen LogP contribution is 2.25. The second kappa shape index (κ2) is 7.27. The van der Waals surface area contributed by atoms with E-state index in [2.05, 4.69) is 10.6 Å². The zero-order valence-electron chi connectivity index (χ0n) is 12.1. The Morgan fingerprint density at radius 2 is 1.85 bits per heavy atom. The number of nitrogens with two attached hydrogens (primary N) is 1. The van der Waals surface area contributed by atoms with E-state index in [4.69, 9.17) is 5.73 Å². The summed E-state index contributed by atoms with van der Waals surface area (Å²) in [5.41, 5.74) is 4.90. The van der Waals surface area contributed by atoms with Crippen molar-refractivity contribution < 1.29 is 9.59 Å². The van der Waals surface area contributed by atoms with Crippen molar-refractivity contribution in [3.05, 3.63) is 0 Å². The van der Waals surface area contributed by atoms with Crippen LogP contribution in [0.5, 0.6) is 0 Å². The Balaban J connectivity index is 0.00000200. The van der Waals surface area contributed by atoms with Crippen molar-refractivity contribution >= 4 is 24.2 Å². The molecule has 1 aliphatic carbocycles. The SMILES string of the molecule is CC1(C(=O)NC2CCC(C(N)=O)CC2)CCCCN1.Cl. The number of carbonyl (C=O) groups excluding carboxylic acids is 2. The van der Waals surface area contributed by atoms with Gasteiger partial charge in [-0.2, -0.15) is 0 Å². The summed E-state index contributed by atoms with van der Waals surface area (Å²) in [7, 11) is 0. The van der Waals surface area contributed by atoms with Crippen LogP contribution in [0.3, 0.4) is 0 Å². The number of nitrogens with one attached hydrogen (secondary N) is 2. The highest BCUT2D eigenvalue weighted by atomic mass is 35.5. The van der Waals surface area contributed by atoms with Gasteiger partial charge in [0.25, 0.3) is 0 Å². The topological polar surface area (TPSA) is 84.2 Å². The summed E-state index contributed by atoms with van der Waals surface area (Å²) in [6.45, 7) is 2.90. The molecular formula is C14H26ClN3O2. The molecule has 4 N–H and O–H groups in total. The Morgan fingerprint density at radius 3 is 2.35 bits per heavy atom. The van der Waals surface area contributed by atoms with E-state index < -0.39 is 5.54 Å². The van der Waals surface area contributed by atoms with Crippen LogP contribution in [0.1, 0.15) is 51.9 Å². The summed E-state index contributed by atoms with van der Waals surface area (Å²) in [6, 6.07) is 0.198. The van der Waals surface area contributed by atoms with E-state index >= 15 is 0 Å². The molecule has 2 aliphatic rings. The van der Waals surface area contributed by atoms with Crippen LogP contribution >= 0.6 is 12.4 Å². The Hall–Kier alpha value is -0.810. The molecule has 0 spiro atoms. The lowest BCUT2D eigenvalue weighted by atomic mass is 9.84. The van der Waals surface area contributed by atoms with E-state index in [9.17, 15) is 9.59 Å². The number of amides is 2. The zero-order valence-corrected chi connectivity index (χ0v) is 12.9. The summed E-state index contributed by atoms with van der Waals surface area (Å²) in [4.78, 5) is 23.4. The van der Waals surface area contributed by atoms with Crippen LogP contribution in [0.25, 0.3) is 0 Å². The number of piperidine rings is 1. The number of carbonyl (C=O) groups is 2. The van der Waals surface area contributed by atoms with E-state index in [0.717, 1.165) is 51.5 Å². The predicted octanol–water partition coefficient (Wildman–Crippen LogP) is 1.10. The quantitative estimate of drug-likeness (QED) is 0.730. The van der Waals surface area contributed by atoms with E-state index in [0.29, 0.717) is 0 Å². The van der Waals surface area contributed by atoms with Crippen LogP contribution in [0, 0.1) is 5.92 Å². The van der Waals surface area contributed by atoms with Gasteiger partial charge in [0.2, 0.25) is 11.8 Å². The molecule has 0 bridgehead atoms. The highest BCUT2D eigenvalue weighted by Gasteiger charge is 2.36. The van der Waals surface area contributed by atoms with Gasteiger partial charge >= 0.3 is 0 Å². The lowest BCUT2D eigenvalue weighted by Gasteiger charge is -2.36. The van der Waals surface area contributed by atoms with E-state index in [1.54, 1.807) is 0 Å². The third kappa shape index (κ3) is 4.09. The minimum Gasteiger partial charge on any atom is -0.369 e. The van der Waals surface area contributed by atoms with Gasteiger partial charge in [-0.3, -0.25) is 9.59 Å². The van der Waals surface area contributed by atoms with E-state index in [-0.39, 0.29) is 36.2 Å². The number of hydrogen-bond acceptors (Lipinski definition) is 3. The van der Waals surface area contributed by atoms with E-state index in [1.165, 1.54) is 0 Å². The number of rotatable bonds is 3. The fourth-order valence-corrected chi connectivity index (χ4v) is 3.12. The summed E-state index contributed by atoms with van der Waals surface area (Å²) in [6.07, 6.45) is 6.45. The molecule has 1 atom stereocenters. The standard InChI is InChI=1S/C14H25N3O2.ClH/c1-14(8-2-3-9-16-14)13(19)17-11-6-4-10(5-7-11)12(15)18;/h10-11,16H,2-9H2,1H3,(H2,15,18)(H,17,19);1H. The molecular weight excluding hydrogens is 278 g/mol. The minimum atomic E-state index is -0.418. The molecule has 0 aromatic rings. The molecule has 5 nitrogen and oxygen atoms in total. The first-order chi connectivity index (χ1) is 9.01. The molecule has 1 saturated heterocycles. The molecule has 2 rings (SSSR count). The number of hydrogen-bond donors (Lipinski definition) is 3. The Kier molecular flexibility index (Phi) is 6.27. The van der Waals surface area contributed by atoms with Gasteiger partial charge in [-0.1, -0.05) is 0 Å². The molecule has 1 aliphatic heterocycles. The third-order valence-electron chi connectivity index (χ3n) is 4.58. The van der Waals surface area contributed by atoms with Crippen LogP contribution in [0.2, 0.25) is 0 Å². The van der Waals surface area contributed by atoms with Gasteiger partial charge in [0.05, 0.1) is 5.54 Å². The van der Waals surface area contributed by atoms with Crippen molar-refractivity contribution in [2.75, 3.05) is 6.54 Å². The number of halogens is 1. The van der Waals surface area contributed by atoms with Crippen molar-refractivity contribution in [3.8, 4) is 0 Å². The van der Waals surface area contributed by atoms with Crippen LogP contribution in [0.4, 0.5) is 0 Å². The molecule has 2 amide bonds. The minimum absolute atomic E-state index is 0. The third-order valence-corrected chi connectivity index (χ3v) is 4.58. The monoisotopic (exact) mass is 303 g/mol. The van der Waals surface area contributed by atoms with Crippen LogP contribution in [-0.2, 0) is 9.59 Å². The molecule has 1 saturated carbocycles. The van der Waals surface area contributed by atoms with Crippen molar-refractivity contribution in [3.63, 3.8) is 0 Å². The molecule has 1 heterocycles. The average molecular weight is 304 g/mol. The van der Waals surface area contributed by atoms with Crippen molar-refractivity contribution in [1.82, 2.24) is 10.6 Å². The van der Waals surface area contributed by atoms with Crippen LogP contribution in [-0.4, -0.2) is 29.9 Å². The van der Waals surface area contributed by atoms with E-state index in [1.807, 2.05) is 6.92 Å². The first-order valence-corrected chi connectivity index (χ1v) is 7.36. The Labute approximate surface area is 126 Å². The second-order valence-electron chi connectivity index (χ2n) is 6.14. The number of primary amides is 1. The van der Waals surface area contributed by atoms with Gasteiger partial charge < -0.3 is 16.4 Å².